The minimum Gasteiger partial charge on any atom is -0.497 e. The maximum Gasteiger partial charge on any atom is 0.272 e. The molecule has 2 saturated heterocycles. The lowest BCUT2D eigenvalue weighted by Gasteiger charge is -2.20. The number of amides is 1. The second-order valence-corrected chi connectivity index (χ2v) is 7.36. The van der Waals surface area contributed by atoms with Crippen molar-refractivity contribution in [2.45, 2.75) is 38.7 Å². The number of fused-ring (bicyclic) bond motifs is 1. The molecular formula is C21H27N3O5. The van der Waals surface area contributed by atoms with Crippen molar-refractivity contribution in [2.24, 2.45) is 0 Å². The van der Waals surface area contributed by atoms with Gasteiger partial charge < -0.3 is 23.8 Å². The largest absolute Gasteiger partial charge is 0.497 e. The number of benzene rings is 1. The molecule has 2 aromatic rings. The lowest BCUT2D eigenvalue weighted by atomic mass is 10.3. The first-order valence-corrected chi connectivity index (χ1v) is 9.95. The molecule has 8 heteroatoms. The molecule has 3 heterocycles. The van der Waals surface area contributed by atoms with Crippen molar-refractivity contribution in [3.05, 3.63) is 41.7 Å². The smallest absolute Gasteiger partial charge is 0.272 e. The number of aryl methyl sites for hydroxylation is 2. The number of carbonyl (C=O) groups excluding carboxylic acids is 1. The molecule has 1 aromatic heterocycles. The number of nitrogens with zero attached hydrogens (tertiary/aromatic N) is 3. The van der Waals surface area contributed by atoms with Gasteiger partial charge in [0.1, 0.15) is 35.5 Å². The van der Waals surface area contributed by atoms with Crippen LogP contribution in [0.25, 0.3) is 0 Å². The molecule has 2 aliphatic heterocycles. The first-order chi connectivity index (χ1) is 14.1. The van der Waals surface area contributed by atoms with Gasteiger partial charge in [0.25, 0.3) is 5.91 Å². The third-order valence-corrected chi connectivity index (χ3v) is 5.26. The van der Waals surface area contributed by atoms with Crippen LogP contribution in [-0.2, 0) is 16.0 Å². The Balaban J connectivity index is 1.36. The van der Waals surface area contributed by atoms with Crippen molar-refractivity contribution in [1.82, 2.24) is 14.7 Å². The Labute approximate surface area is 170 Å². The van der Waals surface area contributed by atoms with E-state index in [1.54, 1.807) is 16.7 Å². The zero-order chi connectivity index (χ0) is 20.4. The normalized spacial score (nSPS) is 22.2. The van der Waals surface area contributed by atoms with E-state index in [2.05, 4.69) is 5.10 Å². The third-order valence-electron chi connectivity index (χ3n) is 5.26. The molecule has 1 aromatic carbocycles. The van der Waals surface area contributed by atoms with E-state index >= 15 is 0 Å². The fraction of sp³-hybridized carbons (Fsp3) is 0.524. The van der Waals surface area contributed by atoms with Crippen molar-refractivity contribution >= 4 is 5.91 Å². The van der Waals surface area contributed by atoms with Crippen molar-refractivity contribution < 1.29 is 23.7 Å². The van der Waals surface area contributed by atoms with Gasteiger partial charge in [-0.05, 0) is 32.0 Å². The Kier molecular flexibility index (Phi) is 5.73. The van der Waals surface area contributed by atoms with Gasteiger partial charge in [-0.25, -0.2) is 0 Å². The minimum atomic E-state index is -0.207. The maximum absolute atomic E-state index is 13.0. The summed E-state index contributed by atoms with van der Waals surface area (Å²) in [5.74, 6) is 1.43. The van der Waals surface area contributed by atoms with Gasteiger partial charge in [0.2, 0.25) is 0 Å². The number of aromatic nitrogens is 2. The lowest BCUT2D eigenvalue weighted by molar-refractivity contribution is -0.00461. The van der Waals surface area contributed by atoms with E-state index in [0.717, 1.165) is 11.4 Å². The summed E-state index contributed by atoms with van der Waals surface area (Å²) in [7, 11) is 1.63. The summed E-state index contributed by atoms with van der Waals surface area (Å²) in [6, 6.07) is 9.31. The van der Waals surface area contributed by atoms with Gasteiger partial charge in [0.15, 0.2) is 0 Å². The molecular weight excluding hydrogens is 374 g/mol. The van der Waals surface area contributed by atoms with Crippen LogP contribution in [0.4, 0.5) is 0 Å². The van der Waals surface area contributed by atoms with E-state index in [0.29, 0.717) is 44.3 Å². The van der Waals surface area contributed by atoms with Crippen molar-refractivity contribution in [3.8, 4) is 11.5 Å². The predicted molar refractivity (Wildman–Crippen MR) is 105 cm³/mol. The quantitative estimate of drug-likeness (QED) is 0.762. The fourth-order valence-electron chi connectivity index (χ4n) is 3.80. The Morgan fingerprint density at radius 2 is 1.86 bits per heavy atom. The average Bonchev–Trinajstić information content (AvgIpc) is 3.27. The molecule has 0 unspecified atom stereocenters. The number of hydrogen-bond acceptors (Lipinski definition) is 6. The molecule has 2 atom stereocenters. The SMILES string of the molecule is CCn1nc(C)cc1C(=O)N1C[C@@H]2OCC(Oc3cccc(OC)c3)CO[C@H]2C1. The topological polar surface area (TPSA) is 75.1 Å². The van der Waals surface area contributed by atoms with Crippen LogP contribution in [0.1, 0.15) is 23.1 Å². The van der Waals surface area contributed by atoms with Gasteiger partial charge >= 0.3 is 0 Å². The number of ether oxygens (including phenoxy) is 4. The molecule has 1 amide bonds. The number of methoxy groups -OCH3 is 1. The van der Waals surface area contributed by atoms with Crippen molar-refractivity contribution in [3.63, 3.8) is 0 Å². The average molecular weight is 401 g/mol. The monoisotopic (exact) mass is 401 g/mol. The van der Waals surface area contributed by atoms with Crippen LogP contribution < -0.4 is 9.47 Å². The molecule has 156 valence electrons. The standard InChI is InChI=1S/C21H27N3O5/c1-4-24-18(8-14(2)22-24)21(25)23-10-19-20(11-23)28-13-17(12-27-19)29-16-7-5-6-15(9-16)26-3/h5-9,17,19-20H,4,10-13H2,1-3H3/t19-,20-/m0/s1. The van der Waals surface area contributed by atoms with Gasteiger partial charge in [-0.1, -0.05) is 6.07 Å². The molecule has 8 nitrogen and oxygen atoms in total. The summed E-state index contributed by atoms with van der Waals surface area (Å²) >= 11 is 0. The summed E-state index contributed by atoms with van der Waals surface area (Å²) in [6.07, 6.45) is -0.519. The molecule has 0 bridgehead atoms. The summed E-state index contributed by atoms with van der Waals surface area (Å²) in [5, 5.41) is 4.37. The van der Waals surface area contributed by atoms with Crippen molar-refractivity contribution in [1.29, 1.82) is 0 Å². The highest BCUT2D eigenvalue weighted by molar-refractivity contribution is 5.93. The lowest BCUT2D eigenvalue weighted by Crippen LogP contribution is -2.34. The molecule has 2 aliphatic rings. The highest BCUT2D eigenvalue weighted by atomic mass is 16.6. The maximum atomic E-state index is 13.0. The molecule has 0 radical (unpaired) electrons. The van der Waals surface area contributed by atoms with E-state index in [-0.39, 0.29) is 24.2 Å². The van der Waals surface area contributed by atoms with Crippen LogP contribution in [0.2, 0.25) is 0 Å². The van der Waals surface area contributed by atoms with E-state index < -0.39 is 0 Å². The first kappa shape index (κ1) is 19.7. The van der Waals surface area contributed by atoms with Gasteiger partial charge in [-0.2, -0.15) is 5.10 Å². The molecule has 29 heavy (non-hydrogen) atoms. The fourth-order valence-corrected chi connectivity index (χ4v) is 3.80. The second kappa shape index (κ2) is 8.42. The summed E-state index contributed by atoms with van der Waals surface area (Å²) in [6.45, 7) is 6.36. The van der Waals surface area contributed by atoms with E-state index in [9.17, 15) is 4.79 Å². The van der Waals surface area contributed by atoms with Gasteiger partial charge in [0, 0.05) is 25.7 Å². The van der Waals surface area contributed by atoms with Crippen LogP contribution in [-0.4, -0.2) is 72.3 Å². The Morgan fingerprint density at radius 3 is 2.52 bits per heavy atom. The second-order valence-electron chi connectivity index (χ2n) is 7.36. The van der Waals surface area contributed by atoms with Crippen LogP contribution in [0, 0.1) is 6.92 Å². The third kappa shape index (κ3) is 4.23. The molecule has 0 spiro atoms. The molecule has 4 rings (SSSR count). The number of carbonyl (C=O) groups is 1. The number of likely N-dealkylation sites (tertiary alicyclic amines) is 1. The predicted octanol–water partition coefficient (Wildman–Crippen LogP) is 1.91. The molecule has 0 aliphatic carbocycles. The van der Waals surface area contributed by atoms with Crippen LogP contribution in [0.5, 0.6) is 11.5 Å². The zero-order valence-corrected chi connectivity index (χ0v) is 17.0. The number of rotatable bonds is 5. The molecule has 0 saturated carbocycles. The van der Waals surface area contributed by atoms with E-state index in [1.165, 1.54) is 0 Å². The Hall–Kier alpha value is -2.58. The molecule has 2 fully saturated rings. The Morgan fingerprint density at radius 1 is 1.17 bits per heavy atom. The molecule has 0 N–H and O–H groups in total. The highest BCUT2D eigenvalue weighted by Gasteiger charge is 2.40. The highest BCUT2D eigenvalue weighted by Crippen LogP contribution is 2.25. The zero-order valence-electron chi connectivity index (χ0n) is 17.0. The van der Waals surface area contributed by atoms with Gasteiger partial charge in [0.05, 0.1) is 26.0 Å². The van der Waals surface area contributed by atoms with Crippen LogP contribution in [0.3, 0.4) is 0 Å². The van der Waals surface area contributed by atoms with Crippen molar-refractivity contribution in [2.75, 3.05) is 33.4 Å². The van der Waals surface area contributed by atoms with Crippen LogP contribution in [0.15, 0.2) is 30.3 Å². The summed E-state index contributed by atoms with van der Waals surface area (Å²) in [4.78, 5) is 14.7. The van der Waals surface area contributed by atoms with Gasteiger partial charge in [-0.3, -0.25) is 9.48 Å². The van der Waals surface area contributed by atoms with E-state index in [4.69, 9.17) is 18.9 Å². The first-order valence-electron chi connectivity index (χ1n) is 9.95. The summed E-state index contributed by atoms with van der Waals surface area (Å²) < 4.78 is 25.1. The van der Waals surface area contributed by atoms with Gasteiger partial charge in [-0.15, -0.1) is 0 Å². The Bertz CT molecular complexity index is 852. The summed E-state index contributed by atoms with van der Waals surface area (Å²) in [5.41, 5.74) is 1.45. The van der Waals surface area contributed by atoms with E-state index in [1.807, 2.05) is 44.2 Å². The number of hydrogen-bond donors (Lipinski definition) is 0. The minimum absolute atomic E-state index is 0.0306. The van der Waals surface area contributed by atoms with Crippen LogP contribution >= 0.6 is 0 Å².